The zero-order valence-corrected chi connectivity index (χ0v) is 27.5. The van der Waals surface area contributed by atoms with Crippen molar-refractivity contribution in [2.24, 2.45) is 21.8 Å². The fraction of sp³-hybridized carbons (Fsp3) is 0.769. The second kappa shape index (κ2) is 26.1. The molecule has 0 aliphatic carbocycles. The topological polar surface area (TPSA) is 24.7 Å². The summed E-state index contributed by atoms with van der Waals surface area (Å²) >= 11 is 0. The van der Waals surface area contributed by atoms with Crippen LogP contribution < -0.4 is 0 Å². The van der Waals surface area contributed by atoms with E-state index in [1.807, 2.05) is 12.4 Å². The van der Waals surface area contributed by atoms with E-state index in [0.717, 1.165) is 12.6 Å². The zero-order valence-electron chi connectivity index (χ0n) is 27.5. The quantitative estimate of drug-likeness (QED) is 0.0684. The van der Waals surface area contributed by atoms with Gasteiger partial charge in [-0.15, -0.1) is 0 Å². The summed E-state index contributed by atoms with van der Waals surface area (Å²) in [5.41, 5.74) is 1.48. The third kappa shape index (κ3) is 18.6. The normalized spacial score (nSPS) is 14.2. The zero-order chi connectivity index (χ0) is 29.1. The van der Waals surface area contributed by atoms with Gasteiger partial charge >= 0.3 is 0 Å². The van der Waals surface area contributed by atoms with Gasteiger partial charge in [-0.1, -0.05) is 202 Å². The average molecular weight is 564 g/mol. The number of hydrogen-bond acceptors (Lipinski definition) is 2. The Labute approximate surface area is 256 Å². The van der Waals surface area contributed by atoms with Crippen LogP contribution in [0.25, 0.3) is 0 Å². The summed E-state index contributed by atoms with van der Waals surface area (Å²) in [6.45, 7) is 4.61. The molecule has 0 spiro atoms. The molecular weight excluding hydrogens is 496 g/mol. The van der Waals surface area contributed by atoms with E-state index in [4.69, 9.17) is 9.98 Å². The molecule has 0 radical (unpaired) electrons. The molecule has 0 saturated carbocycles. The van der Waals surface area contributed by atoms with E-state index < -0.39 is 0 Å². The minimum Gasteiger partial charge on any atom is -0.0965 e. The molecule has 0 amide bonds. The third-order valence-corrected chi connectivity index (χ3v) is 9.27. The van der Waals surface area contributed by atoms with Gasteiger partial charge in [-0.3, -0.25) is 0 Å². The Balaban J connectivity index is 1.72. The van der Waals surface area contributed by atoms with Crippen LogP contribution in [0.5, 0.6) is 0 Å². The molecule has 2 rings (SSSR count). The van der Waals surface area contributed by atoms with Crippen LogP contribution in [0.1, 0.15) is 180 Å². The van der Waals surface area contributed by atoms with E-state index in [1.165, 1.54) is 166 Å². The second-order valence-corrected chi connectivity index (χ2v) is 13.0. The van der Waals surface area contributed by atoms with Crippen molar-refractivity contribution in [3.63, 3.8) is 0 Å². The lowest BCUT2D eigenvalue weighted by molar-refractivity contribution is 0.284. The van der Waals surface area contributed by atoms with Gasteiger partial charge in [-0.25, -0.2) is 0 Å². The van der Waals surface area contributed by atoms with Gasteiger partial charge in [-0.05, 0) is 30.7 Å². The fourth-order valence-electron chi connectivity index (χ4n) is 6.66. The molecule has 232 valence electrons. The lowest BCUT2D eigenvalue weighted by Crippen LogP contribution is -2.22. The van der Waals surface area contributed by atoms with Gasteiger partial charge in [0.05, 0.1) is 5.92 Å². The Kier molecular flexibility index (Phi) is 22.7. The molecule has 41 heavy (non-hydrogen) atoms. The lowest BCUT2D eigenvalue weighted by atomic mass is 9.78. The highest BCUT2D eigenvalue weighted by Gasteiger charge is 2.35. The highest BCUT2D eigenvalue weighted by atomic mass is 15.0. The Hall–Kier alpha value is -1.57. The number of benzene rings is 1. The first-order valence-electron chi connectivity index (χ1n) is 18.3. The molecule has 2 unspecified atom stereocenters. The molecular formula is C39H67N2+. The van der Waals surface area contributed by atoms with Crippen LogP contribution in [0.4, 0.5) is 0 Å². The van der Waals surface area contributed by atoms with E-state index in [1.54, 1.807) is 0 Å². The van der Waals surface area contributed by atoms with Gasteiger partial charge in [0.1, 0.15) is 0 Å². The Morgan fingerprint density at radius 1 is 0.488 bits per heavy atom. The number of hydrogen-bond donors (Lipinski definition) is 0. The predicted molar refractivity (Wildman–Crippen MR) is 184 cm³/mol. The van der Waals surface area contributed by atoms with Gasteiger partial charge in [0.25, 0.3) is 0 Å². The van der Waals surface area contributed by atoms with Crippen molar-refractivity contribution < 1.29 is 0 Å². The van der Waals surface area contributed by atoms with Crippen molar-refractivity contribution in [2.75, 3.05) is 0 Å². The van der Waals surface area contributed by atoms with Crippen LogP contribution in [-0.2, 0) is 6.42 Å². The maximum atomic E-state index is 4.75. The molecule has 0 N–H and O–H groups in total. The molecule has 1 heterocycles. The highest BCUT2D eigenvalue weighted by Crippen LogP contribution is 2.37. The smallest absolute Gasteiger partial charge is 0.0965 e. The first-order valence-corrected chi connectivity index (χ1v) is 18.3. The van der Waals surface area contributed by atoms with Crippen LogP contribution >= 0.6 is 0 Å². The molecule has 1 aromatic rings. The van der Waals surface area contributed by atoms with E-state index >= 15 is 0 Å². The molecule has 0 bridgehead atoms. The Morgan fingerprint density at radius 3 is 1.32 bits per heavy atom. The minimum absolute atomic E-state index is 0.497. The van der Waals surface area contributed by atoms with E-state index in [0.29, 0.717) is 11.8 Å². The van der Waals surface area contributed by atoms with Crippen LogP contribution in [0.15, 0.2) is 40.3 Å². The van der Waals surface area contributed by atoms with Gasteiger partial charge in [0, 0.05) is 0 Å². The van der Waals surface area contributed by atoms with Crippen molar-refractivity contribution in [3.8, 4) is 0 Å². The summed E-state index contributed by atoms with van der Waals surface area (Å²) in [4.78, 5) is 9.50. The fourth-order valence-corrected chi connectivity index (χ4v) is 6.66. The van der Waals surface area contributed by atoms with Gasteiger partial charge in [0.2, 0.25) is 6.17 Å². The van der Waals surface area contributed by atoms with Crippen LogP contribution in [0.3, 0.4) is 0 Å². The molecule has 0 saturated heterocycles. The maximum absolute atomic E-state index is 4.75. The van der Waals surface area contributed by atoms with Gasteiger partial charge in [-0.2, -0.15) is 0 Å². The predicted octanol–water partition coefficient (Wildman–Crippen LogP) is 12.9. The molecule has 1 aromatic carbocycles. The number of nitrogens with zero attached hydrogens (tertiary/aromatic N) is 2. The molecule has 2 nitrogen and oxygen atoms in total. The first kappa shape index (κ1) is 35.6. The standard InChI is InChI=1S/C39H67N2/c1-3-5-7-9-11-13-15-17-19-21-23-28-32-38(39-40-33-34-41-39)37(35-36-29-25-24-26-30-36)31-27-22-20-18-16-14-12-10-8-6-4-2/h24-26,29-30,33-34,37-38H,3-23,27-28,31-32,35H2,1-2H3/q+1. The number of aliphatic imine (C=N–C) groups is 2. The van der Waals surface area contributed by atoms with Crippen LogP contribution in [0, 0.1) is 18.0 Å². The van der Waals surface area contributed by atoms with Crippen molar-refractivity contribution in [2.45, 2.75) is 181 Å². The third-order valence-electron chi connectivity index (χ3n) is 9.27. The van der Waals surface area contributed by atoms with Crippen molar-refractivity contribution in [1.29, 1.82) is 0 Å². The lowest BCUT2D eigenvalue weighted by Gasteiger charge is -2.26. The number of rotatable bonds is 29. The van der Waals surface area contributed by atoms with Crippen molar-refractivity contribution >= 4 is 12.4 Å². The van der Waals surface area contributed by atoms with Crippen LogP contribution in [-0.4, -0.2) is 12.4 Å². The van der Waals surface area contributed by atoms with E-state index in [2.05, 4.69) is 44.2 Å². The second-order valence-electron chi connectivity index (χ2n) is 13.0. The summed E-state index contributed by atoms with van der Waals surface area (Å²) in [6.07, 6.45) is 41.1. The molecule has 2 atom stereocenters. The monoisotopic (exact) mass is 564 g/mol. The average Bonchev–Trinajstić information content (AvgIpc) is 3.53. The van der Waals surface area contributed by atoms with Gasteiger partial charge in [0.15, 0.2) is 12.4 Å². The minimum atomic E-state index is 0.497. The van der Waals surface area contributed by atoms with Crippen LogP contribution in [0.2, 0.25) is 0 Å². The van der Waals surface area contributed by atoms with Gasteiger partial charge < -0.3 is 0 Å². The molecule has 0 aromatic heterocycles. The summed E-state index contributed by atoms with van der Waals surface area (Å²) in [6, 6.07) is 11.2. The molecule has 2 heteroatoms. The SMILES string of the molecule is CCCCCCCCCCCCCCC([C+]1N=CC=N1)C(CCCCCCCCCCCCC)Cc1ccccc1. The summed E-state index contributed by atoms with van der Waals surface area (Å²) in [7, 11) is 0. The number of unbranched alkanes of at least 4 members (excludes halogenated alkanes) is 21. The Bertz CT molecular complexity index is 727. The van der Waals surface area contributed by atoms with E-state index in [-0.39, 0.29) is 0 Å². The Morgan fingerprint density at radius 2 is 0.878 bits per heavy atom. The summed E-state index contributed by atoms with van der Waals surface area (Å²) in [5, 5.41) is 0. The first-order chi connectivity index (χ1) is 20.3. The van der Waals surface area contributed by atoms with Crippen molar-refractivity contribution in [1.82, 2.24) is 0 Å². The molecule has 0 fully saturated rings. The largest absolute Gasteiger partial charge is 0.244 e. The van der Waals surface area contributed by atoms with E-state index in [9.17, 15) is 0 Å². The summed E-state index contributed by atoms with van der Waals surface area (Å²) < 4.78 is 0. The summed E-state index contributed by atoms with van der Waals surface area (Å²) in [5.74, 6) is 1.14. The molecule has 1 aliphatic heterocycles. The van der Waals surface area contributed by atoms with Crippen molar-refractivity contribution in [3.05, 3.63) is 42.1 Å². The molecule has 1 aliphatic rings. The maximum Gasteiger partial charge on any atom is 0.244 e. The highest BCUT2D eigenvalue weighted by molar-refractivity contribution is 6.18.